The number of carbonyl (C=O) groups excluding carboxylic acids is 1. The number of alkyl halides is 6. The van der Waals surface area contributed by atoms with Crippen molar-refractivity contribution in [2.75, 3.05) is 12.8 Å². The Hall–Kier alpha value is -1.93. The van der Waals surface area contributed by atoms with Gasteiger partial charge in [-0.05, 0) is 12.1 Å². The number of hydrogen-bond donors (Lipinski definition) is 1. The van der Waals surface area contributed by atoms with Crippen LogP contribution in [0.15, 0.2) is 12.1 Å². The van der Waals surface area contributed by atoms with Crippen molar-refractivity contribution in [3.8, 4) is 0 Å². The molecule has 0 aliphatic heterocycles. The molecule has 0 spiro atoms. The Labute approximate surface area is 102 Å². The van der Waals surface area contributed by atoms with Gasteiger partial charge in [0.15, 0.2) is 0 Å². The van der Waals surface area contributed by atoms with Crippen LogP contribution in [0.25, 0.3) is 0 Å². The second-order valence-corrected chi connectivity index (χ2v) is 3.47. The number of nitrogens with two attached hydrogens (primary N) is 1. The highest BCUT2D eigenvalue weighted by Gasteiger charge is 2.40. The molecule has 0 saturated heterocycles. The minimum Gasteiger partial charge on any atom is -0.465 e. The quantitative estimate of drug-likeness (QED) is 0.490. The van der Waals surface area contributed by atoms with Crippen molar-refractivity contribution < 1.29 is 35.9 Å². The number of nitrogen functional groups attached to an aromatic ring is 1. The van der Waals surface area contributed by atoms with Crippen LogP contribution in [0.2, 0.25) is 0 Å². The standard InChI is InChI=1S/C10H7F6NO2/c1-19-8(18)4-2-6(10(14,15)16)7(17)3-5(4)9(11,12)13/h2-3H,17H2,1H3. The van der Waals surface area contributed by atoms with Gasteiger partial charge in [-0.25, -0.2) is 4.79 Å². The lowest BCUT2D eigenvalue weighted by atomic mass is 10.0. The predicted octanol–water partition coefficient (Wildman–Crippen LogP) is 3.09. The largest absolute Gasteiger partial charge is 0.465 e. The van der Waals surface area contributed by atoms with Gasteiger partial charge in [-0.15, -0.1) is 0 Å². The van der Waals surface area contributed by atoms with Crippen LogP contribution in [0.4, 0.5) is 32.0 Å². The summed E-state index contributed by atoms with van der Waals surface area (Å²) in [5, 5.41) is 0. The highest BCUT2D eigenvalue weighted by molar-refractivity contribution is 5.92. The molecule has 9 heteroatoms. The van der Waals surface area contributed by atoms with E-state index in [-0.39, 0.29) is 12.1 Å². The van der Waals surface area contributed by atoms with Crippen molar-refractivity contribution >= 4 is 11.7 Å². The summed E-state index contributed by atoms with van der Waals surface area (Å²) in [6.07, 6.45) is -10.0. The molecule has 0 bridgehead atoms. The van der Waals surface area contributed by atoms with Gasteiger partial charge in [0.05, 0.1) is 23.8 Å². The lowest BCUT2D eigenvalue weighted by Gasteiger charge is -2.16. The summed E-state index contributed by atoms with van der Waals surface area (Å²) in [6.45, 7) is 0. The van der Waals surface area contributed by atoms with Crippen molar-refractivity contribution in [1.82, 2.24) is 0 Å². The molecule has 0 atom stereocenters. The van der Waals surface area contributed by atoms with Crippen LogP contribution < -0.4 is 5.73 Å². The van der Waals surface area contributed by atoms with Gasteiger partial charge in [0.2, 0.25) is 0 Å². The van der Waals surface area contributed by atoms with E-state index in [4.69, 9.17) is 5.73 Å². The van der Waals surface area contributed by atoms with Crippen molar-refractivity contribution in [2.24, 2.45) is 0 Å². The summed E-state index contributed by atoms with van der Waals surface area (Å²) in [4.78, 5) is 11.1. The Bertz CT molecular complexity index is 506. The van der Waals surface area contributed by atoms with Crippen LogP contribution in [0, 0.1) is 0 Å². The average molecular weight is 287 g/mol. The van der Waals surface area contributed by atoms with E-state index in [9.17, 15) is 31.1 Å². The lowest BCUT2D eigenvalue weighted by Crippen LogP contribution is -2.18. The second-order valence-electron chi connectivity index (χ2n) is 3.47. The number of hydrogen-bond acceptors (Lipinski definition) is 3. The fraction of sp³-hybridized carbons (Fsp3) is 0.300. The molecule has 1 rings (SSSR count). The normalized spacial score (nSPS) is 12.4. The van der Waals surface area contributed by atoms with Crippen LogP contribution >= 0.6 is 0 Å². The van der Waals surface area contributed by atoms with E-state index < -0.39 is 40.7 Å². The molecule has 1 aromatic carbocycles. The molecule has 3 nitrogen and oxygen atoms in total. The van der Waals surface area contributed by atoms with E-state index in [2.05, 4.69) is 4.74 Å². The van der Waals surface area contributed by atoms with E-state index in [0.29, 0.717) is 0 Å². The lowest BCUT2D eigenvalue weighted by molar-refractivity contribution is -0.141. The van der Waals surface area contributed by atoms with Crippen LogP contribution in [-0.2, 0) is 17.1 Å². The van der Waals surface area contributed by atoms with Crippen molar-refractivity contribution in [3.63, 3.8) is 0 Å². The van der Waals surface area contributed by atoms with Gasteiger partial charge in [-0.1, -0.05) is 0 Å². The summed E-state index contributed by atoms with van der Waals surface area (Å²) < 4.78 is 79.4. The minimum absolute atomic E-state index is 0.0317. The van der Waals surface area contributed by atoms with Crippen LogP contribution in [-0.4, -0.2) is 13.1 Å². The third-order valence-corrected chi connectivity index (χ3v) is 2.21. The van der Waals surface area contributed by atoms with Crippen LogP contribution in [0.3, 0.4) is 0 Å². The number of carbonyl (C=O) groups is 1. The number of anilines is 1. The summed E-state index contributed by atoms with van der Waals surface area (Å²) in [7, 11) is 0.756. The molecule has 2 N–H and O–H groups in total. The third-order valence-electron chi connectivity index (χ3n) is 2.21. The highest BCUT2D eigenvalue weighted by Crippen LogP contribution is 2.40. The second kappa shape index (κ2) is 4.63. The van der Waals surface area contributed by atoms with E-state index in [0.717, 1.165) is 7.11 Å². The first-order chi connectivity index (χ1) is 8.48. The van der Waals surface area contributed by atoms with Crippen LogP contribution in [0.1, 0.15) is 21.5 Å². The number of rotatable bonds is 1. The zero-order chi connectivity index (χ0) is 15.0. The van der Waals surface area contributed by atoms with E-state index >= 15 is 0 Å². The molecule has 0 unspecified atom stereocenters. The Morgan fingerprint density at radius 2 is 1.53 bits per heavy atom. The molecule has 106 valence electrons. The zero-order valence-electron chi connectivity index (χ0n) is 9.32. The molecule has 0 heterocycles. The van der Waals surface area contributed by atoms with Gasteiger partial charge in [-0.3, -0.25) is 0 Å². The zero-order valence-corrected chi connectivity index (χ0v) is 9.32. The molecule has 0 aliphatic rings. The van der Waals surface area contributed by atoms with Crippen LogP contribution in [0.5, 0.6) is 0 Å². The number of methoxy groups -OCH3 is 1. The van der Waals surface area contributed by atoms with E-state index in [1.807, 2.05) is 0 Å². The van der Waals surface area contributed by atoms with Gasteiger partial charge < -0.3 is 10.5 Å². The molecule has 0 radical (unpaired) electrons. The fourth-order valence-corrected chi connectivity index (χ4v) is 1.38. The van der Waals surface area contributed by atoms with E-state index in [1.165, 1.54) is 0 Å². The number of ether oxygens (including phenoxy) is 1. The maximum absolute atomic E-state index is 12.6. The fourth-order valence-electron chi connectivity index (χ4n) is 1.38. The van der Waals surface area contributed by atoms with Crippen molar-refractivity contribution in [1.29, 1.82) is 0 Å². The Morgan fingerprint density at radius 1 is 1.05 bits per heavy atom. The first-order valence-electron chi connectivity index (χ1n) is 4.64. The Kier molecular flexibility index (Phi) is 3.69. The van der Waals surface area contributed by atoms with Gasteiger partial charge in [0.25, 0.3) is 0 Å². The van der Waals surface area contributed by atoms with Crippen molar-refractivity contribution in [2.45, 2.75) is 12.4 Å². The van der Waals surface area contributed by atoms with Crippen molar-refractivity contribution in [3.05, 3.63) is 28.8 Å². The first kappa shape index (κ1) is 15.1. The number of halogens is 6. The maximum atomic E-state index is 12.6. The van der Waals surface area contributed by atoms with E-state index in [1.54, 1.807) is 0 Å². The Balaban J connectivity index is 3.60. The average Bonchev–Trinajstić information content (AvgIpc) is 2.24. The SMILES string of the molecule is COC(=O)c1cc(C(F)(F)F)c(N)cc1C(F)(F)F. The predicted molar refractivity (Wildman–Crippen MR) is 52.2 cm³/mol. The molecule has 0 aromatic heterocycles. The van der Waals surface area contributed by atoms with Gasteiger partial charge in [-0.2, -0.15) is 26.3 Å². The molecule has 0 fully saturated rings. The molecule has 0 amide bonds. The molecular formula is C10H7F6NO2. The summed E-state index contributed by atoms with van der Waals surface area (Å²) in [6, 6.07) is 0.0963. The molecular weight excluding hydrogens is 280 g/mol. The number of esters is 1. The molecule has 0 aliphatic carbocycles. The summed E-state index contributed by atoms with van der Waals surface area (Å²) >= 11 is 0. The monoisotopic (exact) mass is 287 g/mol. The molecule has 0 saturated carbocycles. The summed E-state index contributed by atoms with van der Waals surface area (Å²) in [5.74, 6) is -1.53. The topological polar surface area (TPSA) is 52.3 Å². The first-order valence-corrected chi connectivity index (χ1v) is 4.64. The van der Waals surface area contributed by atoms with Gasteiger partial charge in [0, 0.05) is 5.69 Å². The Morgan fingerprint density at radius 3 is 1.89 bits per heavy atom. The highest BCUT2D eigenvalue weighted by atomic mass is 19.4. The smallest absolute Gasteiger partial charge is 0.418 e. The molecule has 19 heavy (non-hydrogen) atoms. The minimum atomic E-state index is -5.03. The summed E-state index contributed by atoms with van der Waals surface area (Å²) in [5.41, 5.74) is -0.521. The third kappa shape index (κ3) is 3.09. The maximum Gasteiger partial charge on any atom is 0.418 e. The molecule has 1 aromatic rings. The van der Waals surface area contributed by atoms with Gasteiger partial charge >= 0.3 is 18.3 Å². The van der Waals surface area contributed by atoms with Gasteiger partial charge in [0.1, 0.15) is 0 Å². The number of benzene rings is 1.